The highest BCUT2D eigenvalue weighted by Gasteiger charge is 2.17. The first-order chi connectivity index (χ1) is 12.1. The molecule has 25 heavy (non-hydrogen) atoms. The number of rotatable bonds is 4. The quantitative estimate of drug-likeness (QED) is 0.703. The Morgan fingerprint density at radius 1 is 0.920 bits per heavy atom. The van der Waals surface area contributed by atoms with Gasteiger partial charge < -0.3 is 4.42 Å². The van der Waals surface area contributed by atoms with Gasteiger partial charge in [-0.05, 0) is 29.3 Å². The Morgan fingerprint density at radius 2 is 1.64 bits per heavy atom. The molecule has 0 radical (unpaired) electrons. The van der Waals surface area contributed by atoms with Gasteiger partial charge in [-0.25, -0.2) is 0 Å². The lowest BCUT2D eigenvalue weighted by atomic mass is 10.1. The van der Waals surface area contributed by atoms with E-state index in [2.05, 4.69) is 10.9 Å². The number of halogens is 1. The van der Waals surface area contributed by atoms with E-state index in [0.29, 0.717) is 10.6 Å². The summed E-state index contributed by atoms with van der Waals surface area (Å²) in [6, 6.07) is 18.0. The molecule has 6 heteroatoms. The monoisotopic (exact) mass is 354 g/mol. The molecule has 0 saturated heterocycles. The van der Waals surface area contributed by atoms with E-state index in [4.69, 9.17) is 16.0 Å². The molecule has 0 fully saturated rings. The number of amides is 2. The number of hydrogen-bond acceptors (Lipinski definition) is 3. The Hall–Kier alpha value is -3.05. The summed E-state index contributed by atoms with van der Waals surface area (Å²) in [5.74, 6) is -0.727. The number of carbonyl (C=O) groups is 2. The van der Waals surface area contributed by atoms with E-state index in [1.807, 2.05) is 30.3 Å². The van der Waals surface area contributed by atoms with Gasteiger partial charge in [0, 0.05) is 10.6 Å². The lowest BCUT2D eigenvalue weighted by Crippen LogP contribution is -2.42. The standard InChI is InChI=1S/C19H15ClN2O3/c20-15-8-6-13(7-9-15)12-17(23)21-22-19(24)18-16(10-11-25-18)14-4-2-1-3-5-14/h1-11H,12H2,(H,21,23)(H,22,24). The smallest absolute Gasteiger partial charge is 0.306 e. The van der Waals surface area contributed by atoms with Crippen molar-refractivity contribution in [3.63, 3.8) is 0 Å². The van der Waals surface area contributed by atoms with Gasteiger partial charge in [0.15, 0.2) is 0 Å². The van der Waals surface area contributed by atoms with Gasteiger partial charge in [-0.2, -0.15) is 0 Å². The van der Waals surface area contributed by atoms with Crippen LogP contribution in [-0.2, 0) is 11.2 Å². The molecule has 0 aliphatic heterocycles. The van der Waals surface area contributed by atoms with Gasteiger partial charge in [-0.1, -0.05) is 54.1 Å². The number of nitrogens with one attached hydrogen (secondary N) is 2. The molecule has 2 N–H and O–H groups in total. The van der Waals surface area contributed by atoms with Gasteiger partial charge in [0.05, 0.1) is 12.7 Å². The summed E-state index contributed by atoms with van der Waals surface area (Å²) in [5, 5.41) is 0.601. The average Bonchev–Trinajstić information content (AvgIpc) is 3.12. The summed E-state index contributed by atoms with van der Waals surface area (Å²) in [4.78, 5) is 24.2. The summed E-state index contributed by atoms with van der Waals surface area (Å²) >= 11 is 5.81. The molecule has 0 bridgehead atoms. The van der Waals surface area contributed by atoms with E-state index in [9.17, 15) is 9.59 Å². The maximum atomic E-state index is 12.3. The molecular weight excluding hydrogens is 340 g/mol. The molecule has 3 aromatic rings. The first-order valence-corrected chi connectivity index (χ1v) is 7.98. The summed E-state index contributed by atoms with van der Waals surface area (Å²) in [7, 11) is 0. The van der Waals surface area contributed by atoms with Gasteiger partial charge in [-0.15, -0.1) is 0 Å². The van der Waals surface area contributed by atoms with E-state index in [0.717, 1.165) is 11.1 Å². The van der Waals surface area contributed by atoms with Gasteiger partial charge in [0.25, 0.3) is 0 Å². The number of hydrogen-bond donors (Lipinski definition) is 2. The second kappa shape index (κ2) is 7.68. The second-order valence-corrected chi connectivity index (χ2v) is 5.77. The number of furan rings is 1. The highest BCUT2D eigenvalue weighted by molar-refractivity contribution is 6.30. The molecule has 126 valence electrons. The molecule has 1 heterocycles. The van der Waals surface area contributed by atoms with Crippen molar-refractivity contribution in [2.45, 2.75) is 6.42 Å². The fraction of sp³-hybridized carbons (Fsp3) is 0.0526. The van der Waals surface area contributed by atoms with Gasteiger partial charge in [-0.3, -0.25) is 20.4 Å². The van der Waals surface area contributed by atoms with E-state index >= 15 is 0 Å². The summed E-state index contributed by atoms with van der Waals surface area (Å²) in [6.07, 6.45) is 1.56. The van der Waals surface area contributed by atoms with Gasteiger partial charge in [0.1, 0.15) is 0 Å². The predicted octanol–water partition coefficient (Wildman–Crippen LogP) is 3.60. The highest BCUT2D eigenvalue weighted by atomic mass is 35.5. The average molecular weight is 355 g/mol. The highest BCUT2D eigenvalue weighted by Crippen LogP contribution is 2.24. The van der Waals surface area contributed by atoms with Crippen LogP contribution in [0.3, 0.4) is 0 Å². The van der Waals surface area contributed by atoms with Crippen molar-refractivity contribution in [3.8, 4) is 11.1 Å². The normalized spacial score (nSPS) is 10.3. The van der Waals surface area contributed by atoms with Crippen LogP contribution in [0.15, 0.2) is 71.3 Å². The molecule has 0 aliphatic rings. The van der Waals surface area contributed by atoms with Crippen LogP contribution in [0.2, 0.25) is 5.02 Å². The Balaban J connectivity index is 1.61. The lowest BCUT2D eigenvalue weighted by Gasteiger charge is -2.07. The molecular formula is C19H15ClN2O3. The molecule has 0 unspecified atom stereocenters. The van der Waals surface area contributed by atoms with Gasteiger partial charge >= 0.3 is 5.91 Å². The Labute approximate surface area is 149 Å². The van der Waals surface area contributed by atoms with E-state index < -0.39 is 5.91 Å². The van der Waals surface area contributed by atoms with Crippen LogP contribution in [0.25, 0.3) is 11.1 Å². The molecule has 3 rings (SSSR count). The van der Waals surface area contributed by atoms with Crippen LogP contribution in [0.5, 0.6) is 0 Å². The molecule has 2 amide bonds. The predicted molar refractivity (Wildman–Crippen MR) is 94.9 cm³/mol. The molecule has 0 atom stereocenters. The van der Waals surface area contributed by atoms with Crippen LogP contribution in [0.4, 0.5) is 0 Å². The van der Waals surface area contributed by atoms with Crippen LogP contribution in [-0.4, -0.2) is 11.8 Å². The van der Waals surface area contributed by atoms with Crippen LogP contribution >= 0.6 is 11.6 Å². The minimum Gasteiger partial charge on any atom is -0.458 e. The summed E-state index contributed by atoms with van der Waals surface area (Å²) in [6.45, 7) is 0. The maximum absolute atomic E-state index is 12.3. The second-order valence-electron chi connectivity index (χ2n) is 5.33. The Kier molecular flexibility index (Phi) is 5.16. The third kappa shape index (κ3) is 4.28. The van der Waals surface area contributed by atoms with Crippen LogP contribution < -0.4 is 10.9 Å². The topological polar surface area (TPSA) is 71.3 Å². The molecule has 1 aromatic heterocycles. The molecule has 2 aromatic carbocycles. The summed E-state index contributed by atoms with van der Waals surface area (Å²) < 4.78 is 5.27. The first-order valence-electron chi connectivity index (χ1n) is 7.60. The molecule has 0 saturated carbocycles. The molecule has 0 aliphatic carbocycles. The zero-order chi connectivity index (χ0) is 17.6. The zero-order valence-electron chi connectivity index (χ0n) is 13.2. The minimum atomic E-state index is -0.520. The van der Waals surface area contributed by atoms with Crippen molar-refractivity contribution in [1.82, 2.24) is 10.9 Å². The van der Waals surface area contributed by atoms with Crippen molar-refractivity contribution in [3.05, 3.63) is 83.3 Å². The van der Waals surface area contributed by atoms with Gasteiger partial charge in [0.2, 0.25) is 11.7 Å². The first kappa shape index (κ1) is 16.8. The van der Waals surface area contributed by atoms with Crippen molar-refractivity contribution in [1.29, 1.82) is 0 Å². The van der Waals surface area contributed by atoms with Crippen molar-refractivity contribution < 1.29 is 14.0 Å². The van der Waals surface area contributed by atoms with E-state index in [1.165, 1.54) is 6.26 Å². The number of carbonyl (C=O) groups excluding carboxylic acids is 2. The number of hydrazine groups is 1. The molecule has 5 nitrogen and oxygen atoms in total. The van der Waals surface area contributed by atoms with Crippen LogP contribution in [0.1, 0.15) is 16.1 Å². The Morgan fingerprint density at radius 3 is 2.36 bits per heavy atom. The minimum absolute atomic E-state index is 0.126. The SMILES string of the molecule is O=C(Cc1ccc(Cl)cc1)NNC(=O)c1occc1-c1ccccc1. The largest absolute Gasteiger partial charge is 0.458 e. The fourth-order valence-corrected chi connectivity index (χ4v) is 2.47. The molecule has 0 spiro atoms. The van der Waals surface area contributed by atoms with E-state index in [-0.39, 0.29) is 18.1 Å². The third-order valence-corrected chi connectivity index (χ3v) is 3.80. The van der Waals surface area contributed by atoms with Crippen molar-refractivity contribution >= 4 is 23.4 Å². The number of benzene rings is 2. The summed E-state index contributed by atoms with van der Waals surface area (Å²) in [5.41, 5.74) is 7.05. The lowest BCUT2D eigenvalue weighted by molar-refractivity contribution is -0.121. The third-order valence-electron chi connectivity index (χ3n) is 3.55. The fourth-order valence-electron chi connectivity index (χ4n) is 2.35. The maximum Gasteiger partial charge on any atom is 0.306 e. The van der Waals surface area contributed by atoms with Crippen molar-refractivity contribution in [2.75, 3.05) is 0 Å². The van der Waals surface area contributed by atoms with E-state index in [1.54, 1.807) is 30.3 Å². The van der Waals surface area contributed by atoms with Crippen molar-refractivity contribution in [2.24, 2.45) is 0 Å². The zero-order valence-corrected chi connectivity index (χ0v) is 13.9. The van der Waals surface area contributed by atoms with Crippen LogP contribution in [0, 0.1) is 0 Å². The Bertz CT molecular complexity index is 873.